The molecule has 14 heteroatoms. The molecule has 0 saturated carbocycles. The Bertz CT molecular complexity index is 810. The first-order valence-corrected chi connectivity index (χ1v) is 7.97. The number of hydrogen-bond donors (Lipinski definition) is 7. The zero-order valence-corrected chi connectivity index (χ0v) is 12.5. The van der Waals surface area contributed by atoms with E-state index in [1.165, 1.54) is 0 Å². The number of ether oxygens (including phenoxy) is 1. The highest BCUT2D eigenvalue weighted by Crippen LogP contribution is 2.46. The zero-order valence-electron chi connectivity index (χ0n) is 11.6. The van der Waals surface area contributed by atoms with Crippen molar-refractivity contribution < 1.29 is 44.3 Å². The van der Waals surface area contributed by atoms with Crippen molar-refractivity contribution in [2.45, 2.75) is 30.4 Å². The summed E-state index contributed by atoms with van der Waals surface area (Å²) in [7, 11) is -5.14. The lowest BCUT2D eigenvalue weighted by Crippen LogP contribution is -2.41. The number of H-pyrrole nitrogens is 1. The van der Waals surface area contributed by atoms with Crippen LogP contribution in [0.5, 0.6) is 0 Å². The van der Waals surface area contributed by atoms with Gasteiger partial charge in [0, 0.05) is 6.07 Å². The van der Waals surface area contributed by atoms with Gasteiger partial charge in [0.1, 0.15) is 24.0 Å². The van der Waals surface area contributed by atoms with Crippen LogP contribution in [0.15, 0.2) is 15.7 Å². The van der Waals surface area contributed by atoms with E-state index in [9.17, 15) is 34.3 Å². The van der Waals surface area contributed by atoms with Crippen molar-refractivity contribution in [3.8, 4) is 0 Å². The first-order chi connectivity index (χ1) is 10.9. The van der Waals surface area contributed by atoms with E-state index in [1.54, 1.807) is 4.98 Å². The van der Waals surface area contributed by atoms with Crippen molar-refractivity contribution in [1.82, 2.24) is 9.55 Å². The fourth-order valence-corrected chi connectivity index (χ4v) is 2.89. The smallest absolute Gasteiger partial charge is 0.356 e. The van der Waals surface area contributed by atoms with Crippen LogP contribution in [-0.4, -0.2) is 69.9 Å². The van der Waals surface area contributed by atoms with E-state index in [1.807, 2.05) is 0 Å². The number of aromatic amines is 1. The molecule has 13 nitrogen and oxygen atoms in total. The molecule has 2 rings (SSSR count). The highest BCUT2D eigenvalue weighted by atomic mass is 31.2. The Morgan fingerprint density at radius 2 is 1.88 bits per heavy atom. The lowest BCUT2D eigenvalue weighted by atomic mass is 10.1. The summed E-state index contributed by atoms with van der Waals surface area (Å²) in [5, 5.41) is 38.3. The largest absolute Gasteiger partial charge is 0.477 e. The van der Waals surface area contributed by atoms with Crippen LogP contribution in [0.25, 0.3) is 0 Å². The van der Waals surface area contributed by atoms with Gasteiger partial charge in [0.2, 0.25) is 0 Å². The van der Waals surface area contributed by atoms with Gasteiger partial charge in [-0.25, -0.2) is 9.59 Å². The van der Waals surface area contributed by atoms with Crippen molar-refractivity contribution in [1.29, 1.82) is 0 Å². The Labute approximate surface area is 131 Å². The van der Waals surface area contributed by atoms with E-state index in [2.05, 4.69) is 0 Å². The van der Waals surface area contributed by atoms with Gasteiger partial charge in [-0.1, -0.05) is 0 Å². The summed E-state index contributed by atoms with van der Waals surface area (Å²) >= 11 is 0. The predicted octanol–water partition coefficient (Wildman–Crippen LogP) is -3.65. The minimum Gasteiger partial charge on any atom is -0.477 e. The van der Waals surface area contributed by atoms with Gasteiger partial charge in [-0.15, -0.1) is 0 Å². The molecule has 0 bridgehead atoms. The number of carboxylic acids is 1. The Balaban J connectivity index is 2.52. The number of carbonyl (C=O) groups is 1. The second-order valence-electron chi connectivity index (χ2n) is 4.97. The van der Waals surface area contributed by atoms with Crippen LogP contribution < -0.4 is 11.2 Å². The zero-order chi connectivity index (χ0) is 18.4. The monoisotopic (exact) mass is 368 g/mol. The molecule has 7 N–H and O–H groups in total. The Morgan fingerprint density at radius 3 is 2.38 bits per heavy atom. The van der Waals surface area contributed by atoms with Crippen LogP contribution in [0, 0.1) is 0 Å². The number of aliphatic hydroxyl groups excluding tert-OH is 3. The average molecular weight is 368 g/mol. The highest BCUT2D eigenvalue weighted by molar-refractivity contribution is 7.52. The molecular formula is C10H13N2O11P. The number of nitrogens with one attached hydrogen (secondary N) is 1. The first-order valence-electron chi connectivity index (χ1n) is 6.29. The Morgan fingerprint density at radius 1 is 1.29 bits per heavy atom. The van der Waals surface area contributed by atoms with Crippen molar-refractivity contribution >= 4 is 13.6 Å². The molecule has 0 amide bonds. The second-order valence-corrected chi connectivity index (χ2v) is 6.68. The van der Waals surface area contributed by atoms with Crippen molar-refractivity contribution in [3.05, 3.63) is 32.6 Å². The van der Waals surface area contributed by atoms with Crippen LogP contribution in [0.1, 0.15) is 16.7 Å². The third-order valence-corrected chi connectivity index (χ3v) is 4.35. The topological polar surface area (TPSA) is 220 Å². The SMILES string of the molecule is O=C(O)c1cc(=O)[nH]c(=O)n1[C@@H]1O[C@H](C(O)P(=O)(O)O)[C@@H](O)[C@H]1O. The van der Waals surface area contributed by atoms with Crippen molar-refractivity contribution in [2.75, 3.05) is 0 Å². The molecule has 1 fully saturated rings. The number of aromatic carboxylic acids is 1. The number of aliphatic hydroxyl groups is 3. The maximum absolute atomic E-state index is 11.8. The lowest BCUT2D eigenvalue weighted by molar-refractivity contribution is -0.0703. The molecule has 0 aliphatic carbocycles. The quantitative estimate of drug-likeness (QED) is 0.257. The van der Waals surface area contributed by atoms with E-state index >= 15 is 0 Å². The molecule has 1 unspecified atom stereocenters. The summed E-state index contributed by atoms with van der Waals surface area (Å²) in [6, 6.07) is 0.513. The minimum atomic E-state index is -5.14. The molecule has 5 atom stereocenters. The van der Waals surface area contributed by atoms with Gasteiger partial charge < -0.3 is 34.9 Å². The standard InChI is InChI=1S/C10H13N2O11P/c13-3-1-2(8(16)17)12(10(19)11-3)7-5(15)4(14)6(23-7)9(18)24(20,21)22/h1,4-7,9,14-15,18H,(H,16,17)(H,11,13,19)(H2,20,21,22)/t4-,5+,6-,7+,9?/m0/s1. The van der Waals surface area contributed by atoms with Crippen molar-refractivity contribution in [2.24, 2.45) is 0 Å². The van der Waals surface area contributed by atoms with Crippen LogP contribution >= 0.6 is 7.60 Å². The normalized spacial score (nSPS) is 28.7. The molecule has 0 radical (unpaired) electrons. The fraction of sp³-hybridized carbons (Fsp3) is 0.500. The summed E-state index contributed by atoms with van der Waals surface area (Å²) < 4.78 is 16.3. The number of hydrogen-bond acceptors (Lipinski definition) is 8. The number of rotatable bonds is 4. The third kappa shape index (κ3) is 3.18. The third-order valence-electron chi connectivity index (χ3n) is 3.36. The average Bonchev–Trinajstić information content (AvgIpc) is 2.73. The van der Waals surface area contributed by atoms with Gasteiger partial charge in [-0.2, -0.15) is 0 Å². The summed E-state index contributed by atoms with van der Waals surface area (Å²) in [6.07, 6.45) is -7.98. The van der Waals surface area contributed by atoms with E-state index in [4.69, 9.17) is 19.6 Å². The molecule has 0 spiro atoms. The van der Waals surface area contributed by atoms with Gasteiger partial charge in [0.15, 0.2) is 12.1 Å². The summed E-state index contributed by atoms with van der Waals surface area (Å²) in [4.78, 5) is 53.8. The number of carboxylic acid groups (broad SMARTS) is 1. The van der Waals surface area contributed by atoms with Gasteiger partial charge in [-0.05, 0) is 0 Å². The second kappa shape index (κ2) is 6.22. The minimum absolute atomic E-state index is 0.282. The highest BCUT2D eigenvalue weighted by Gasteiger charge is 2.52. The van der Waals surface area contributed by atoms with E-state index in [0.29, 0.717) is 6.07 Å². The Hall–Kier alpha value is -1.86. The molecule has 134 valence electrons. The molecule has 1 aliphatic heterocycles. The molecule has 1 aromatic heterocycles. The molecule has 0 aromatic carbocycles. The molecule has 2 heterocycles. The number of nitrogens with zero attached hydrogens (tertiary/aromatic N) is 1. The summed E-state index contributed by atoms with van der Waals surface area (Å²) in [5.74, 6) is -4.26. The number of aromatic nitrogens is 2. The van der Waals surface area contributed by atoms with Gasteiger partial charge in [0.05, 0.1) is 0 Å². The first kappa shape index (κ1) is 18.5. The maximum Gasteiger partial charge on any atom is 0.356 e. The molecule has 1 aromatic rings. The predicted molar refractivity (Wildman–Crippen MR) is 72.3 cm³/mol. The van der Waals surface area contributed by atoms with Crippen molar-refractivity contribution in [3.63, 3.8) is 0 Å². The van der Waals surface area contributed by atoms with Crippen LogP contribution in [0.4, 0.5) is 0 Å². The summed E-state index contributed by atoms with van der Waals surface area (Å²) in [6.45, 7) is 0. The molecule has 1 aliphatic rings. The fourth-order valence-electron chi connectivity index (χ4n) is 2.26. The van der Waals surface area contributed by atoms with E-state index in [0.717, 1.165) is 0 Å². The maximum atomic E-state index is 11.8. The van der Waals surface area contributed by atoms with E-state index < -0.39 is 60.9 Å². The Kier molecular flexibility index (Phi) is 4.79. The van der Waals surface area contributed by atoms with Gasteiger partial charge in [-0.3, -0.25) is 18.9 Å². The lowest BCUT2D eigenvalue weighted by Gasteiger charge is -2.21. The van der Waals surface area contributed by atoms with Crippen LogP contribution in [0.3, 0.4) is 0 Å². The van der Waals surface area contributed by atoms with Crippen LogP contribution in [0.2, 0.25) is 0 Å². The van der Waals surface area contributed by atoms with Gasteiger partial charge in [0.25, 0.3) is 5.56 Å². The molecular weight excluding hydrogens is 355 g/mol. The summed E-state index contributed by atoms with van der Waals surface area (Å²) in [5.41, 5.74) is -3.25. The molecule has 24 heavy (non-hydrogen) atoms. The van der Waals surface area contributed by atoms with E-state index in [-0.39, 0.29) is 4.57 Å². The molecule has 1 saturated heterocycles. The van der Waals surface area contributed by atoms with Gasteiger partial charge >= 0.3 is 19.3 Å². The van der Waals surface area contributed by atoms with Crippen LogP contribution in [-0.2, 0) is 9.30 Å².